The van der Waals surface area contributed by atoms with Gasteiger partial charge in [0.2, 0.25) is 0 Å². The summed E-state index contributed by atoms with van der Waals surface area (Å²) in [5, 5.41) is 9.26. The molecule has 0 radical (unpaired) electrons. The van der Waals surface area contributed by atoms with Crippen LogP contribution in [0.5, 0.6) is 0 Å². The number of carbonyl (C=O) groups is 1. The molecule has 1 unspecified atom stereocenters. The maximum absolute atomic E-state index is 14.4. The molecule has 1 aliphatic rings. The normalized spacial score (nSPS) is 20.6. The third kappa shape index (κ3) is 1.70. The molecule has 0 aromatic heterocycles. The van der Waals surface area contributed by atoms with Gasteiger partial charge in [-0.1, -0.05) is 43.2 Å². The number of halogens is 1. The molecule has 1 atom stereocenters. The maximum atomic E-state index is 14.4. The lowest BCUT2D eigenvalue weighted by Gasteiger charge is -2.28. The first-order chi connectivity index (χ1) is 7.67. The first kappa shape index (κ1) is 11.1. The molecule has 0 bridgehead atoms. The summed E-state index contributed by atoms with van der Waals surface area (Å²) in [5.41, 5.74) is -0.715. The standard InChI is InChI=1S/C13H15FO2/c14-11(10-6-2-1-3-7-10)13(12(15)16)8-4-5-9-13/h1-3,6-7,11H,4-5,8-9H2,(H,15,16). The molecule has 86 valence electrons. The largest absolute Gasteiger partial charge is 0.481 e. The van der Waals surface area contributed by atoms with Gasteiger partial charge in [0.1, 0.15) is 11.6 Å². The fourth-order valence-electron chi connectivity index (χ4n) is 2.52. The number of aliphatic carboxylic acids is 1. The van der Waals surface area contributed by atoms with Crippen molar-refractivity contribution >= 4 is 5.97 Å². The Morgan fingerprint density at radius 3 is 2.31 bits per heavy atom. The lowest BCUT2D eigenvalue weighted by atomic mass is 9.78. The highest BCUT2D eigenvalue weighted by Crippen LogP contribution is 2.49. The van der Waals surface area contributed by atoms with E-state index in [1.165, 1.54) is 0 Å². The second-order valence-corrected chi connectivity index (χ2v) is 4.44. The molecule has 3 heteroatoms. The quantitative estimate of drug-likeness (QED) is 0.851. The van der Waals surface area contributed by atoms with Crippen molar-refractivity contribution in [2.24, 2.45) is 5.41 Å². The lowest BCUT2D eigenvalue weighted by Crippen LogP contribution is -2.32. The molecule has 0 aliphatic heterocycles. The highest BCUT2D eigenvalue weighted by molar-refractivity contribution is 5.76. The van der Waals surface area contributed by atoms with E-state index >= 15 is 0 Å². The number of benzene rings is 1. The lowest BCUT2D eigenvalue weighted by molar-refractivity contribution is -0.153. The van der Waals surface area contributed by atoms with Crippen molar-refractivity contribution in [2.45, 2.75) is 31.9 Å². The van der Waals surface area contributed by atoms with Gasteiger partial charge in [0, 0.05) is 0 Å². The Morgan fingerprint density at radius 2 is 1.81 bits per heavy atom. The molecule has 1 aliphatic carbocycles. The highest BCUT2D eigenvalue weighted by atomic mass is 19.1. The van der Waals surface area contributed by atoms with E-state index < -0.39 is 17.6 Å². The Kier molecular flexibility index (Phi) is 2.95. The van der Waals surface area contributed by atoms with Crippen LogP contribution >= 0.6 is 0 Å². The summed E-state index contributed by atoms with van der Waals surface area (Å²) in [6.45, 7) is 0. The molecular weight excluding hydrogens is 207 g/mol. The smallest absolute Gasteiger partial charge is 0.312 e. The summed E-state index contributed by atoms with van der Waals surface area (Å²) in [6.07, 6.45) is 1.10. The second kappa shape index (κ2) is 4.24. The third-order valence-corrected chi connectivity index (χ3v) is 3.50. The average molecular weight is 222 g/mol. The van der Waals surface area contributed by atoms with Crippen LogP contribution in [0.2, 0.25) is 0 Å². The van der Waals surface area contributed by atoms with Crippen LogP contribution in [0.15, 0.2) is 30.3 Å². The van der Waals surface area contributed by atoms with E-state index in [2.05, 4.69) is 0 Å². The Hall–Kier alpha value is -1.38. The van der Waals surface area contributed by atoms with Crippen LogP contribution in [0.25, 0.3) is 0 Å². The van der Waals surface area contributed by atoms with Gasteiger partial charge < -0.3 is 5.11 Å². The van der Waals surface area contributed by atoms with Gasteiger partial charge in [-0.3, -0.25) is 4.79 Å². The summed E-state index contributed by atoms with van der Waals surface area (Å²) >= 11 is 0. The molecule has 2 nitrogen and oxygen atoms in total. The summed E-state index contributed by atoms with van der Waals surface area (Å²) < 4.78 is 14.4. The first-order valence-corrected chi connectivity index (χ1v) is 5.59. The van der Waals surface area contributed by atoms with Crippen molar-refractivity contribution in [3.63, 3.8) is 0 Å². The summed E-state index contributed by atoms with van der Waals surface area (Å²) in [6, 6.07) is 8.61. The van der Waals surface area contributed by atoms with Gasteiger partial charge in [0.25, 0.3) is 0 Å². The molecule has 0 heterocycles. The number of alkyl halides is 1. The molecule has 0 amide bonds. The Bertz CT molecular complexity index is 369. The Morgan fingerprint density at radius 1 is 1.25 bits per heavy atom. The van der Waals surface area contributed by atoms with Gasteiger partial charge in [0.05, 0.1) is 0 Å². The number of rotatable bonds is 3. The number of carboxylic acid groups (broad SMARTS) is 1. The number of hydrogen-bond donors (Lipinski definition) is 1. The van der Waals surface area contributed by atoms with Gasteiger partial charge in [-0.05, 0) is 18.4 Å². The molecule has 1 saturated carbocycles. The first-order valence-electron chi connectivity index (χ1n) is 5.59. The van der Waals surface area contributed by atoms with Crippen molar-refractivity contribution < 1.29 is 14.3 Å². The Labute approximate surface area is 94.1 Å². The van der Waals surface area contributed by atoms with Gasteiger partial charge in [-0.15, -0.1) is 0 Å². The predicted octanol–water partition coefficient (Wildman–Crippen LogP) is 3.34. The van der Waals surface area contributed by atoms with E-state index in [1.807, 2.05) is 0 Å². The molecule has 1 fully saturated rings. The van der Waals surface area contributed by atoms with Crippen LogP contribution in [0.3, 0.4) is 0 Å². The predicted molar refractivity (Wildman–Crippen MR) is 58.8 cm³/mol. The number of hydrogen-bond acceptors (Lipinski definition) is 1. The van der Waals surface area contributed by atoms with E-state index in [0.717, 1.165) is 12.8 Å². The number of carboxylic acids is 1. The Balaban J connectivity index is 2.31. The zero-order valence-corrected chi connectivity index (χ0v) is 9.03. The van der Waals surface area contributed by atoms with Crippen molar-refractivity contribution in [1.29, 1.82) is 0 Å². The highest BCUT2D eigenvalue weighted by Gasteiger charge is 2.49. The van der Waals surface area contributed by atoms with Crippen molar-refractivity contribution in [3.05, 3.63) is 35.9 Å². The van der Waals surface area contributed by atoms with Crippen molar-refractivity contribution in [2.75, 3.05) is 0 Å². The zero-order valence-electron chi connectivity index (χ0n) is 9.03. The minimum atomic E-state index is -1.39. The van der Waals surface area contributed by atoms with Crippen LogP contribution < -0.4 is 0 Å². The zero-order chi connectivity index (χ0) is 11.6. The average Bonchev–Trinajstić information content (AvgIpc) is 2.79. The summed E-state index contributed by atoms with van der Waals surface area (Å²) in [5.74, 6) is -0.999. The fourth-order valence-corrected chi connectivity index (χ4v) is 2.52. The SMILES string of the molecule is O=C(O)C1(C(F)c2ccccc2)CCCC1. The van der Waals surface area contributed by atoms with Gasteiger partial charge >= 0.3 is 5.97 Å². The van der Waals surface area contributed by atoms with Crippen LogP contribution in [-0.4, -0.2) is 11.1 Å². The molecule has 0 saturated heterocycles. The van der Waals surface area contributed by atoms with Gasteiger partial charge in [-0.2, -0.15) is 0 Å². The van der Waals surface area contributed by atoms with Crippen LogP contribution in [0.1, 0.15) is 37.4 Å². The van der Waals surface area contributed by atoms with Gasteiger partial charge in [0.15, 0.2) is 0 Å². The van der Waals surface area contributed by atoms with Crippen LogP contribution in [-0.2, 0) is 4.79 Å². The maximum Gasteiger partial charge on any atom is 0.312 e. The topological polar surface area (TPSA) is 37.3 Å². The molecule has 0 spiro atoms. The van der Waals surface area contributed by atoms with E-state index in [-0.39, 0.29) is 0 Å². The molecule has 1 aromatic rings. The molecule has 16 heavy (non-hydrogen) atoms. The van der Waals surface area contributed by atoms with Crippen LogP contribution in [0.4, 0.5) is 4.39 Å². The molecular formula is C13H15FO2. The molecule has 1 N–H and O–H groups in total. The van der Waals surface area contributed by atoms with E-state index in [1.54, 1.807) is 30.3 Å². The van der Waals surface area contributed by atoms with E-state index in [0.29, 0.717) is 18.4 Å². The minimum absolute atomic E-state index is 0.443. The van der Waals surface area contributed by atoms with E-state index in [9.17, 15) is 14.3 Å². The van der Waals surface area contributed by atoms with Crippen molar-refractivity contribution in [3.8, 4) is 0 Å². The third-order valence-electron chi connectivity index (χ3n) is 3.50. The molecule has 1 aromatic carbocycles. The van der Waals surface area contributed by atoms with E-state index in [4.69, 9.17) is 0 Å². The monoisotopic (exact) mass is 222 g/mol. The fraction of sp³-hybridized carbons (Fsp3) is 0.462. The second-order valence-electron chi connectivity index (χ2n) is 4.44. The van der Waals surface area contributed by atoms with Crippen LogP contribution in [0, 0.1) is 5.41 Å². The van der Waals surface area contributed by atoms with Crippen molar-refractivity contribution in [1.82, 2.24) is 0 Å². The summed E-state index contributed by atoms with van der Waals surface area (Å²) in [7, 11) is 0. The summed E-state index contributed by atoms with van der Waals surface area (Å²) in [4.78, 5) is 11.3. The van der Waals surface area contributed by atoms with Gasteiger partial charge in [-0.25, -0.2) is 4.39 Å². The molecule has 2 rings (SSSR count). The minimum Gasteiger partial charge on any atom is -0.481 e.